The molecular weight excluding hydrogens is 378 g/mol. The highest BCUT2D eigenvalue weighted by atomic mass is 35.5. The Balaban J connectivity index is 1.74. The summed E-state index contributed by atoms with van der Waals surface area (Å²) >= 11 is 6.43. The van der Waals surface area contributed by atoms with Gasteiger partial charge in [-0.25, -0.2) is 0 Å². The largest absolute Gasteiger partial charge is 0.344 e. The normalized spacial score (nSPS) is 23.0. The molecule has 2 aliphatic heterocycles. The molecule has 1 aliphatic carbocycles. The molecule has 0 saturated heterocycles. The second-order valence-electron chi connectivity index (χ2n) is 9.42. The molecule has 0 amide bonds. The van der Waals surface area contributed by atoms with E-state index in [4.69, 9.17) is 11.6 Å². The molecule has 0 radical (unpaired) electrons. The van der Waals surface area contributed by atoms with Gasteiger partial charge < -0.3 is 4.90 Å². The lowest BCUT2D eigenvalue weighted by Crippen LogP contribution is -2.33. The molecule has 0 bridgehead atoms. The molecule has 1 aromatic carbocycles. The fraction of sp³-hybridized carbons (Fsp3) is 0.640. The highest BCUT2D eigenvalue weighted by Gasteiger charge is 2.42. The number of allylic oxidation sites excluding steroid dienone is 1. The molecule has 0 atom stereocenters. The van der Waals surface area contributed by atoms with E-state index in [2.05, 4.69) is 66.3 Å². The van der Waals surface area contributed by atoms with Crippen LogP contribution in [0.5, 0.6) is 0 Å². The van der Waals surface area contributed by atoms with Gasteiger partial charge in [0, 0.05) is 34.4 Å². The molecule has 158 valence electrons. The average molecular weight is 415 g/mol. The van der Waals surface area contributed by atoms with Crippen LogP contribution in [0.25, 0.3) is 0 Å². The second-order valence-corrected chi connectivity index (χ2v) is 9.86. The van der Waals surface area contributed by atoms with Gasteiger partial charge >= 0.3 is 0 Å². The van der Waals surface area contributed by atoms with Gasteiger partial charge in [0.15, 0.2) is 0 Å². The summed E-state index contributed by atoms with van der Waals surface area (Å²) in [4.78, 5) is 5.13. The summed E-state index contributed by atoms with van der Waals surface area (Å²) < 4.78 is 2.53. The van der Waals surface area contributed by atoms with Crippen molar-refractivity contribution in [2.75, 3.05) is 37.6 Å². The number of rotatable bonds is 6. The minimum absolute atomic E-state index is 0.0374. The summed E-state index contributed by atoms with van der Waals surface area (Å²) in [5.41, 5.74) is 4.12. The number of likely N-dealkylation sites (N-methyl/N-ethyl adjacent to an activating group) is 2. The van der Waals surface area contributed by atoms with Crippen LogP contribution in [0.15, 0.2) is 30.0 Å². The third-order valence-corrected chi connectivity index (χ3v) is 7.64. The monoisotopic (exact) mass is 414 g/mol. The van der Waals surface area contributed by atoms with Gasteiger partial charge in [0.1, 0.15) is 13.1 Å². The Kier molecular flexibility index (Phi) is 5.97. The third-order valence-electron chi connectivity index (χ3n) is 7.41. The van der Waals surface area contributed by atoms with Crippen molar-refractivity contribution in [1.82, 2.24) is 4.90 Å². The topological polar surface area (TPSA) is 9.49 Å². The first-order valence-corrected chi connectivity index (χ1v) is 12.0. The van der Waals surface area contributed by atoms with Gasteiger partial charge in [0.2, 0.25) is 0 Å². The van der Waals surface area contributed by atoms with Gasteiger partial charge in [-0.2, -0.15) is 0 Å². The zero-order valence-electron chi connectivity index (χ0n) is 18.7. The highest BCUT2D eigenvalue weighted by Crippen LogP contribution is 2.49. The van der Waals surface area contributed by atoms with Gasteiger partial charge in [-0.05, 0) is 49.9 Å². The molecule has 3 aliphatic rings. The molecule has 3 nitrogen and oxygen atoms in total. The average Bonchev–Trinajstić information content (AvgIpc) is 3.40. The molecule has 0 unspecified atom stereocenters. The number of nitrogens with zero attached hydrogens (tertiary/aromatic N) is 3. The summed E-state index contributed by atoms with van der Waals surface area (Å²) in [6.07, 6.45) is 9.44. The van der Waals surface area contributed by atoms with E-state index >= 15 is 0 Å². The van der Waals surface area contributed by atoms with Crippen LogP contribution in [0.2, 0.25) is 5.02 Å². The van der Waals surface area contributed by atoms with E-state index in [9.17, 15) is 0 Å². The minimum Gasteiger partial charge on any atom is -0.344 e. The summed E-state index contributed by atoms with van der Waals surface area (Å²) in [6.45, 7) is 14.8. The lowest BCUT2D eigenvalue weighted by molar-refractivity contribution is -0.513. The number of hydrogen-bond acceptors (Lipinski definition) is 2. The Labute approximate surface area is 182 Å². The van der Waals surface area contributed by atoms with Crippen LogP contribution in [-0.4, -0.2) is 48.0 Å². The molecule has 1 saturated carbocycles. The van der Waals surface area contributed by atoms with Crippen molar-refractivity contribution in [3.8, 4) is 0 Å². The van der Waals surface area contributed by atoms with Crippen LogP contribution < -0.4 is 4.90 Å². The van der Waals surface area contributed by atoms with Crippen LogP contribution in [0.4, 0.5) is 5.69 Å². The Morgan fingerprint density at radius 3 is 2.66 bits per heavy atom. The maximum atomic E-state index is 6.43. The molecule has 29 heavy (non-hydrogen) atoms. The fourth-order valence-corrected chi connectivity index (χ4v) is 5.75. The van der Waals surface area contributed by atoms with Gasteiger partial charge in [0.05, 0.1) is 13.1 Å². The number of halogens is 1. The number of benzene rings is 1. The molecule has 0 aromatic heterocycles. The van der Waals surface area contributed by atoms with Crippen LogP contribution in [0, 0.1) is 5.92 Å². The van der Waals surface area contributed by atoms with Gasteiger partial charge in [-0.3, -0.25) is 9.48 Å². The van der Waals surface area contributed by atoms with Crippen LogP contribution >= 0.6 is 11.6 Å². The van der Waals surface area contributed by atoms with E-state index < -0.39 is 0 Å². The zero-order valence-corrected chi connectivity index (χ0v) is 19.4. The Bertz CT molecular complexity index is 817. The first-order chi connectivity index (χ1) is 14.0. The van der Waals surface area contributed by atoms with Crippen molar-refractivity contribution in [1.29, 1.82) is 0 Å². The smallest absolute Gasteiger partial charge is 0.273 e. The van der Waals surface area contributed by atoms with E-state index in [1.165, 1.54) is 54.9 Å². The first kappa shape index (κ1) is 20.8. The molecule has 2 heterocycles. The Morgan fingerprint density at radius 2 is 1.97 bits per heavy atom. The number of fused-ring (bicyclic) bond motifs is 1. The minimum atomic E-state index is -0.0374. The Morgan fingerprint density at radius 1 is 1.21 bits per heavy atom. The summed E-state index contributed by atoms with van der Waals surface area (Å²) in [7, 11) is 0. The lowest BCUT2D eigenvalue weighted by atomic mass is 9.83. The molecule has 4 rings (SSSR count). The van der Waals surface area contributed by atoms with E-state index in [0.29, 0.717) is 0 Å². The SMILES string of the molecule is CCN1CC[N+](CC)=C1/C=C1/N(CCC2CCCC2)c2ccc(Cl)cc2C1(C)C. The predicted molar refractivity (Wildman–Crippen MR) is 124 cm³/mol. The second kappa shape index (κ2) is 8.34. The lowest BCUT2D eigenvalue weighted by Gasteiger charge is -2.28. The van der Waals surface area contributed by atoms with E-state index in [1.807, 2.05) is 0 Å². The molecular formula is C25H37ClN3+. The standard InChI is InChI=1S/C25H37ClN3/c1-5-27-15-16-28(6-2)24(27)18-23-25(3,4)21-17-20(26)11-12-22(21)29(23)14-13-19-9-7-8-10-19/h11-12,17-19H,5-10,13-16H2,1-4H3/q+1. The van der Waals surface area contributed by atoms with Crippen LogP contribution in [-0.2, 0) is 5.41 Å². The maximum Gasteiger partial charge on any atom is 0.273 e. The van der Waals surface area contributed by atoms with Crippen molar-refractivity contribution in [3.05, 3.63) is 40.6 Å². The maximum absolute atomic E-state index is 6.43. The first-order valence-electron chi connectivity index (χ1n) is 11.6. The van der Waals surface area contributed by atoms with Crippen LogP contribution in [0.1, 0.15) is 65.4 Å². The molecule has 1 fully saturated rings. The number of amidine groups is 1. The van der Waals surface area contributed by atoms with Crippen molar-refractivity contribution in [3.63, 3.8) is 0 Å². The Hall–Kier alpha value is -1.48. The van der Waals surface area contributed by atoms with E-state index in [0.717, 1.165) is 43.7 Å². The van der Waals surface area contributed by atoms with Crippen LogP contribution in [0.3, 0.4) is 0 Å². The van der Waals surface area contributed by atoms with Gasteiger partial charge in [0.25, 0.3) is 5.84 Å². The van der Waals surface area contributed by atoms with Crippen molar-refractivity contribution < 1.29 is 4.58 Å². The van der Waals surface area contributed by atoms with Gasteiger partial charge in [-0.15, -0.1) is 0 Å². The number of anilines is 1. The van der Waals surface area contributed by atoms with Crippen molar-refractivity contribution >= 4 is 23.1 Å². The van der Waals surface area contributed by atoms with Crippen molar-refractivity contribution in [2.24, 2.45) is 5.92 Å². The molecule has 4 heteroatoms. The molecule has 1 aromatic rings. The molecule has 0 spiro atoms. The van der Waals surface area contributed by atoms with E-state index in [-0.39, 0.29) is 5.41 Å². The van der Waals surface area contributed by atoms with Crippen molar-refractivity contribution in [2.45, 2.75) is 65.2 Å². The predicted octanol–water partition coefficient (Wildman–Crippen LogP) is 5.67. The highest BCUT2D eigenvalue weighted by molar-refractivity contribution is 6.30. The van der Waals surface area contributed by atoms with E-state index in [1.54, 1.807) is 0 Å². The summed E-state index contributed by atoms with van der Waals surface area (Å²) in [5, 5.41) is 0.840. The fourth-order valence-electron chi connectivity index (χ4n) is 5.57. The summed E-state index contributed by atoms with van der Waals surface area (Å²) in [5.74, 6) is 2.29. The quantitative estimate of drug-likeness (QED) is 0.555. The zero-order chi connectivity index (χ0) is 20.6. The summed E-state index contributed by atoms with van der Waals surface area (Å²) in [6, 6.07) is 6.49. The van der Waals surface area contributed by atoms with Gasteiger partial charge in [-0.1, -0.05) is 51.1 Å². The number of hydrogen-bond donors (Lipinski definition) is 0. The molecule has 0 N–H and O–H groups in total. The third kappa shape index (κ3) is 3.83.